The summed E-state index contributed by atoms with van der Waals surface area (Å²) in [4.78, 5) is 17.5. The molecule has 0 saturated heterocycles. The van der Waals surface area contributed by atoms with Crippen LogP contribution in [0.15, 0.2) is 42.7 Å². The van der Waals surface area contributed by atoms with E-state index >= 15 is 0 Å². The number of hydrogen-bond acceptors (Lipinski definition) is 3. The van der Waals surface area contributed by atoms with Crippen LogP contribution in [0.4, 0.5) is 5.69 Å². The van der Waals surface area contributed by atoms with Crippen LogP contribution in [-0.4, -0.2) is 22.6 Å². The standard InChI is InChI=1S/C26H24Cl3N3O2/c1-34-22-10-8-17(26(33)31-24-19(28)12-30-13-20(24)29)23-18-11-16(27)7-9-21(18)32(25(22)23)14-15-5-3-2-4-6-15/h7-13,15H,2-6,14H2,1H3,(H,30,31,33). The predicted molar refractivity (Wildman–Crippen MR) is 140 cm³/mol. The number of methoxy groups -OCH3 is 1. The molecule has 1 N–H and O–H groups in total. The van der Waals surface area contributed by atoms with E-state index in [1.165, 1.54) is 44.5 Å². The summed E-state index contributed by atoms with van der Waals surface area (Å²) < 4.78 is 8.06. The zero-order valence-electron chi connectivity index (χ0n) is 18.7. The van der Waals surface area contributed by atoms with Gasteiger partial charge in [-0.2, -0.15) is 0 Å². The molecule has 2 aromatic carbocycles. The number of halogens is 3. The van der Waals surface area contributed by atoms with Crippen molar-refractivity contribution >= 4 is 68.2 Å². The lowest BCUT2D eigenvalue weighted by Crippen LogP contribution is -2.15. The van der Waals surface area contributed by atoms with E-state index in [0.717, 1.165) is 34.1 Å². The number of amides is 1. The molecule has 0 bridgehead atoms. The van der Waals surface area contributed by atoms with Crippen LogP contribution in [-0.2, 0) is 6.54 Å². The summed E-state index contributed by atoms with van der Waals surface area (Å²) in [6, 6.07) is 9.44. The fourth-order valence-electron chi connectivity index (χ4n) is 5.06. The Morgan fingerprint density at radius 2 is 1.82 bits per heavy atom. The fourth-order valence-corrected chi connectivity index (χ4v) is 5.69. The first kappa shape index (κ1) is 23.3. The third-order valence-corrected chi connectivity index (χ3v) is 7.46. The number of rotatable bonds is 5. The lowest BCUT2D eigenvalue weighted by molar-refractivity contribution is 0.102. The van der Waals surface area contributed by atoms with Gasteiger partial charge in [0, 0.05) is 45.8 Å². The third kappa shape index (κ3) is 4.21. The molecule has 34 heavy (non-hydrogen) atoms. The zero-order chi connectivity index (χ0) is 23.8. The van der Waals surface area contributed by atoms with Crippen LogP contribution in [0.1, 0.15) is 42.5 Å². The van der Waals surface area contributed by atoms with Crippen LogP contribution < -0.4 is 10.1 Å². The molecule has 1 amide bonds. The van der Waals surface area contributed by atoms with Crippen LogP contribution in [0.3, 0.4) is 0 Å². The Morgan fingerprint density at radius 3 is 2.53 bits per heavy atom. The van der Waals surface area contributed by atoms with Crippen LogP contribution >= 0.6 is 34.8 Å². The average molecular weight is 517 g/mol. The maximum absolute atomic E-state index is 13.5. The van der Waals surface area contributed by atoms with Gasteiger partial charge in [-0.1, -0.05) is 54.1 Å². The van der Waals surface area contributed by atoms with E-state index in [2.05, 4.69) is 14.9 Å². The maximum atomic E-state index is 13.5. The first-order valence-corrected chi connectivity index (χ1v) is 12.5. The molecule has 5 rings (SSSR count). The van der Waals surface area contributed by atoms with Crippen LogP contribution in [0.5, 0.6) is 5.75 Å². The quantitative estimate of drug-likeness (QED) is 0.292. The van der Waals surface area contributed by atoms with Gasteiger partial charge < -0.3 is 14.6 Å². The number of fused-ring (bicyclic) bond motifs is 3. The molecule has 1 saturated carbocycles. The lowest BCUT2D eigenvalue weighted by atomic mass is 9.89. The zero-order valence-corrected chi connectivity index (χ0v) is 21.0. The predicted octanol–water partition coefficient (Wildman–Crippen LogP) is 7.99. The van der Waals surface area contributed by atoms with Gasteiger partial charge in [-0.05, 0) is 49.1 Å². The molecule has 0 unspecified atom stereocenters. The highest BCUT2D eigenvalue weighted by molar-refractivity contribution is 6.40. The highest BCUT2D eigenvalue weighted by Crippen LogP contribution is 2.40. The molecular weight excluding hydrogens is 493 g/mol. The number of anilines is 1. The molecule has 0 atom stereocenters. The average Bonchev–Trinajstić information content (AvgIpc) is 3.15. The van der Waals surface area contributed by atoms with Crippen molar-refractivity contribution in [1.29, 1.82) is 0 Å². The topological polar surface area (TPSA) is 56.1 Å². The summed E-state index contributed by atoms with van der Waals surface area (Å²) >= 11 is 18.9. The summed E-state index contributed by atoms with van der Waals surface area (Å²) in [5.74, 6) is 0.980. The van der Waals surface area contributed by atoms with E-state index in [9.17, 15) is 4.79 Å². The van der Waals surface area contributed by atoms with Crippen molar-refractivity contribution in [2.75, 3.05) is 12.4 Å². The molecule has 0 aliphatic heterocycles. The molecule has 176 valence electrons. The van der Waals surface area contributed by atoms with Gasteiger partial charge in [-0.3, -0.25) is 9.78 Å². The summed E-state index contributed by atoms with van der Waals surface area (Å²) in [5, 5.41) is 5.73. The molecule has 1 aliphatic carbocycles. The summed E-state index contributed by atoms with van der Waals surface area (Å²) in [6.07, 6.45) is 9.11. The van der Waals surface area contributed by atoms with Crippen molar-refractivity contribution in [3.63, 3.8) is 0 Å². The SMILES string of the molecule is COc1ccc(C(=O)Nc2c(Cl)cncc2Cl)c2c3cc(Cl)ccc3n(CC3CCCCC3)c12. The smallest absolute Gasteiger partial charge is 0.256 e. The van der Waals surface area contributed by atoms with E-state index in [0.29, 0.717) is 22.2 Å². The normalized spacial score (nSPS) is 14.6. The molecule has 8 heteroatoms. The Bertz CT molecular complexity index is 1370. The third-order valence-electron chi connectivity index (χ3n) is 6.65. The minimum atomic E-state index is -0.320. The molecule has 5 nitrogen and oxygen atoms in total. The largest absolute Gasteiger partial charge is 0.495 e. The number of nitrogens with one attached hydrogen (secondary N) is 1. The first-order chi connectivity index (χ1) is 16.5. The summed E-state index contributed by atoms with van der Waals surface area (Å²) in [5.41, 5.74) is 2.75. The molecular formula is C26H24Cl3N3O2. The Hall–Kier alpha value is -2.47. The highest BCUT2D eigenvalue weighted by Gasteiger charge is 2.24. The van der Waals surface area contributed by atoms with Crippen molar-refractivity contribution in [2.45, 2.75) is 38.6 Å². The van der Waals surface area contributed by atoms with Gasteiger partial charge in [0.2, 0.25) is 0 Å². The van der Waals surface area contributed by atoms with Crippen LogP contribution in [0.25, 0.3) is 21.8 Å². The van der Waals surface area contributed by atoms with Crippen molar-refractivity contribution in [3.05, 3.63) is 63.4 Å². The number of carbonyl (C=O) groups is 1. The van der Waals surface area contributed by atoms with Gasteiger partial charge in [-0.15, -0.1) is 0 Å². The van der Waals surface area contributed by atoms with Crippen molar-refractivity contribution in [3.8, 4) is 5.75 Å². The molecule has 1 fully saturated rings. The molecule has 4 aromatic rings. The minimum Gasteiger partial charge on any atom is -0.495 e. The Kier molecular flexibility index (Phi) is 6.61. The molecule has 2 aromatic heterocycles. The first-order valence-electron chi connectivity index (χ1n) is 11.4. The maximum Gasteiger partial charge on any atom is 0.256 e. The Labute approximate surface area is 213 Å². The summed E-state index contributed by atoms with van der Waals surface area (Å²) in [7, 11) is 1.65. The van der Waals surface area contributed by atoms with Gasteiger partial charge in [0.1, 0.15) is 5.75 Å². The molecule has 1 aliphatic rings. The lowest BCUT2D eigenvalue weighted by Gasteiger charge is -2.23. The number of aromatic nitrogens is 2. The number of pyridine rings is 1. The van der Waals surface area contributed by atoms with Crippen molar-refractivity contribution in [1.82, 2.24) is 9.55 Å². The number of ether oxygens (including phenoxy) is 1. The second kappa shape index (κ2) is 9.65. The van der Waals surface area contributed by atoms with Crippen molar-refractivity contribution in [2.24, 2.45) is 5.92 Å². The summed E-state index contributed by atoms with van der Waals surface area (Å²) in [6.45, 7) is 0.866. The van der Waals surface area contributed by atoms with Crippen LogP contribution in [0, 0.1) is 5.92 Å². The number of benzene rings is 2. The molecule has 2 heterocycles. The number of nitrogens with zero attached hydrogens (tertiary/aromatic N) is 2. The Morgan fingerprint density at radius 1 is 1.09 bits per heavy atom. The van der Waals surface area contributed by atoms with Gasteiger partial charge in [0.25, 0.3) is 5.91 Å². The minimum absolute atomic E-state index is 0.272. The second-order valence-electron chi connectivity index (χ2n) is 8.75. The molecule has 0 spiro atoms. The van der Waals surface area contributed by atoms with Gasteiger partial charge >= 0.3 is 0 Å². The number of hydrogen-bond donors (Lipinski definition) is 1. The van der Waals surface area contributed by atoms with E-state index in [-0.39, 0.29) is 16.0 Å². The van der Waals surface area contributed by atoms with E-state index < -0.39 is 0 Å². The second-order valence-corrected chi connectivity index (χ2v) is 10.00. The Balaban J connectivity index is 1.71. The van der Waals surface area contributed by atoms with E-state index in [4.69, 9.17) is 39.5 Å². The van der Waals surface area contributed by atoms with E-state index in [1.54, 1.807) is 13.2 Å². The van der Waals surface area contributed by atoms with Gasteiger partial charge in [0.15, 0.2) is 0 Å². The van der Waals surface area contributed by atoms with Gasteiger partial charge in [-0.25, -0.2) is 0 Å². The van der Waals surface area contributed by atoms with Crippen molar-refractivity contribution < 1.29 is 9.53 Å². The molecule has 0 radical (unpaired) electrons. The van der Waals surface area contributed by atoms with Crippen LogP contribution in [0.2, 0.25) is 15.1 Å². The highest BCUT2D eigenvalue weighted by atomic mass is 35.5. The monoisotopic (exact) mass is 515 g/mol. The van der Waals surface area contributed by atoms with E-state index in [1.807, 2.05) is 24.3 Å². The van der Waals surface area contributed by atoms with Gasteiger partial charge in [0.05, 0.1) is 28.4 Å². The fraction of sp³-hybridized carbons (Fsp3) is 0.308. The number of carbonyl (C=O) groups excluding carboxylic acids is 1.